The van der Waals surface area contributed by atoms with Gasteiger partial charge in [-0.25, -0.2) is 0 Å². The molecule has 1 aliphatic carbocycles. The van der Waals surface area contributed by atoms with Crippen LogP contribution in [0.5, 0.6) is 0 Å². The molecule has 0 fully saturated rings. The van der Waals surface area contributed by atoms with Gasteiger partial charge in [-0.15, -0.1) is 0 Å². The van der Waals surface area contributed by atoms with Crippen molar-refractivity contribution in [1.82, 2.24) is 4.57 Å². The lowest BCUT2D eigenvalue weighted by Crippen LogP contribution is -2.19. The van der Waals surface area contributed by atoms with E-state index in [-0.39, 0.29) is 5.41 Å². The van der Waals surface area contributed by atoms with Crippen molar-refractivity contribution in [2.75, 3.05) is 0 Å². The Bertz CT molecular complexity index is 1740. The van der Waals surface area contributed by atoms with E-state index >= 15 is 0 Å². The van der Waals surface area contributed by atoms with Crippen molar-refractivity contribution in [2.24, 2.45) is 0 Å². The number of para-hydroxylation sites is 1. The minimum atomic E-state index is -0.0833. The van der Waals surface area contributed by atoms with Crippen LogP contribution in [-0.2, 0) is 11.8 Å². The van der Waals surface area contributed by atoms with Crippen LogP contribution in [0.25, 0.3) is 38.8 Å². The van der Waals surface area contributed by atoms with E-state index in [1.165, 1.54) is 61.2 Å². The Morgan fingerprint density at radius 3 is 1.97 bits per heavy atom. The van der Waals surface area contributed by atoms with Crippen molar-refractivity contribution >= 4 is 10.9 Å². The summed E-state index contributed by atoms with van der Waals surface area (Å²) in [5, 5.41) is 1.32. The molecule has 37 heavy (non-hydrogen) atoms. The largest absolute Gasteiger partial charge is 0.312 e. The van der Waals surface area contributed by atoms with Crippen LogP contribution in [0.1, 0.15) is 36.2 Å². The zero-order valence-corrected chi connectivity index (χ0v) is 21.3. The summed E-state index contributed by atoms with van der Waals surface area (Å²) in [4.78, 5) is 0. The number of rotatable bonds is 4. The fraction of sp³-hybridized carbons (Fsp3) is 0.111. The maximum atomic E-state index is 2.48. The van der Waals surface area contributed by atoms with Crippen molar-refractivity contribution in [3.63, 3.8) is 0 Å². The summed E-state index contributed by atoms with van der Waals surface area (Å²) in [5.41, 5.74) is 13.1. The summed E-state index contributed by atoms with van der Waals surface area (Å²) < 4.78 is 2.48. The lowest BCUT2D eigenvalue weighted by Gasteiger charge is -2.24. The number of benzene rings is 5. The molecule has 0 spiro atoms. The quantitative estimate of drug-likeness (QED) is 0.239. The average Bonchev–Trinajstić information content (AvgIpc) is 3.41. The van der Waals surface area contributed by atoms with Crippen molar-refractivity contribution in [1.29, 1.82) is 0 Å². The van der Waals surface area contributed by atoms with Crippen LogP contribution in [0.2, 0.25) is 0 Å². The van der Waals surface area contributed by atoms with Gasteiger partial charge < -0.3 is 4.57 Å². The topological polar surface area (TPSA) is 4.93 Å². The minimum absolute atomic E-state index is 0.0833. The molecule has 1 aromatic heterocycles. The molecule has 0 unspecified atom stereocenters. The second kappa shape index (κ2) is 8.35. The van der Waals surface area contributed by atoms with Gasteiger partial charge in [0.1, 0.15) is 0 Å². The monoisotopic (exact) mass is 475 g/mol. The van der Waals surface area contributed by atoms with E-state index in [2.05, 4.69) is 146 Å². The number of hydrogen-bond acceptors (Lipinski definition) is 0. The first-order valence-electron chi connectivity index (χ1n) is 13.1. The highest BCUT2D eigenvalue weighted by atomic mass is 15.0. The van der Waals surface area contributed by atoms with E-state index in [1.807, 2.05) is 0 Å². The van der Waals surface area contributed by atoms with Crippen molar-refractivity contribution in [3.05, 3.63) is 150 Å². The second-order valence-corrected chi connectivity index (χ2v) is 10.7. The Hall–Kier alpha value is -4.36. The number of hydrogen-bond donors (Lipinski definition) is 0. The fourth-order valence-electron chi connectivity index (χ4n) is 6.20. The molecule has 0 N–H and O–H groups in total. The van der Waals surface area contributed by atoms with E-state index in [0.717, 1.165) is 6.42 Å². The SMILES string of the molecule is CC1(C)c2ccccc2-c2c1n(-c1ccccc1)c1ccc(-c3ccc(Cc4ccccc4)cc3)cc21. The molecule has 0 bridgehead atoms. The molecule has 178 valence electrons. The standard InChI is InChI=1S/C36H29N/c1-36(2)32-16-10-9-15-30(32)34-31-24-28(21-22-33(31)37(35(34)36)29-13-7-4-8-14-29)27-19-17-26(18-20-27)23-25-11-5-3-6-12-25/h3-22,24H,23H2,1-2H3. The van der Waals surface area contributed by atoms with E-state index in [9.17, 15) is 0 Å². The van der Waals surface area contributed by atoms with Gasteiger partial charge in [0.25, 0.3) is 0 Å². The van der Waals surface area contributed by atoms with Crippen molar-refractivity contribution in [3.8, 4) is 27.9 Å². The molecule has 0 aliphatic heterocycles. The summed E-state index contributed by atoms with van der Waals surface area (Å²) in [5.74, 6) is 0. The van der Waals surface area contributed by atoms with Crippen molar-refractivity contribution < 1.29 is 0 Å². The first-order chi connectivity index (χ1) is 18.1. The first kappa shape index (κ1) is 21.9. The van der Waals surface area contributed by atoms with Crippen LogP contribution in [-0.4, -0.2) is 4.57 Å². The van der Waals surface area contributed by atoms with Crippen LogP contribution in [0, 0.1) is 0 Å². The van der Waals surface area contributed by atoms with Crippen molar-refractivity contribution in [2.45, 2.75) is 25.7 Å². The summed E-state index contributed by atoms with van der Waals surface area (Å²) in [6.45, 7) is 4.73. The molecule has 1 aliphatic rings. The average molecular weight is 476 g/mol. The Balaban J connectivity index is 1.39. The molecule has 0 radical (unpaired) electrons. The maximum absolute atomic E-state index is 2.48. The molecule has 0 atom stereocenters. The van der Waals surface area contributed by atoms with E-state index in [1.54, 1.807) is 0 Å². The third kappa shape index (κ3) is 3.46. The minimum Gasteiger partial charge on any atom is -0.312 e. The zero-order valence-electron chi connectivity index (χ0n) is 21.3. The van der Waals surface area contributed by atoms with Crippen LogP contribution in [0.4, 0.5) is 0 Å². The van der Waals surface area contributed by atoms with Gasteiger partial charge in [0.15, 0.2) is 0 Å². The number of fused-ring (bicyclic) bond motifs is 5. The van der Waals surface area contributed by atoms with Gasteiger partial charge in [0, 0.05) is 27.7 Å². The second-order valence-electron chi connectivity index (χ2n) is 10.7. The van der Waals surface area contributed by atoms with Crippen LogP contribution in [0.15, 0.2) is 127 Å². The van der Waals surface area contributed by atoms with Gasteiger partial charge in [-0.05, 0) is 64.1 Å². The third-order valence-corrected chi connectivity index (χ3v) is 7.98. The molecule has 7 rings (SSSR count). The number of aromatic nitrogens is 1. The molecule has 5 aromatic carbocycles. The molecule has 1 heterocycles. The molecular weight excluding hydrogens is 446 g/mol. The Morgan fingerprint density at radius 1 is 0.595 bits per heavy atom. The molecular formula is C36H29N. The van der Waals surface area contributed by atoms with E-state index in [4.69, 9.17) is 0 Å². The number of nitrogens with zero attached hydrogens (tertiary/aromatic N) is 1. The summed E-state index contributed by atoms with van der Waals surface area (Å²) >= 11 is 0. The summed E-state index contributed by atoms with van der Waals surface area (Å²) in [7, 11) is 0. The normalized spacial score (nSPS) is 13.5. The molecule has 0 saturated carbocycles. The Morgan fingerprint density at radius 2 is 1.22 bits per heavy atom. The van der Waals surface area contributed by atoms with E-state index in [0.29, 0.717) is 0 Å². The molecule has 6 aromatic rings. The highest BCUT2D eigenvalue weighted by Gasteiger charge is 2.40. The van der Waals surface area contributed by atoms with Gasteiger partial charge in [0.2, 0.25) is 0 Å². The van der Waals surface area contributed by atoms with E-state index < -0.39 is 0 Å². The molecule has 0 saturated heterocycles. The highest BCUT2D eigenvalue weighted by Crippen LogP contribution is 2.53. The van der Waals surface area contributed by atoms with Crippen LogP contribution in [0.3, 0.4) is 0 Å². The molecule has 1 heteroatoms. The van der Waals surface area contributed by atoms with Gasteiger partial charge in [0.05, 0.1) is 5.52 Å². The maximum Gasteiger partial charge on any atom is 0.0538 e. The van der Waals surface area contributed by atoms with Gasteiger partial charge in [-0.3, -0.25) is 0 Å². The predicted molar refractivity (Wildman–Crippen MR) is 156 cm³/mol. The van der Waals surface area contributed by atoms with Crippen LogP contribution < -0.4 is 0 Å². The molecule has 1 nitrogen and oxygen atoms in total. The van der Waals surface area contributed by atoms with Gasteiger partial charge in [-0.2, -0.15) is 0 Å². The summed E-state index contributed by atoms with van der Waals surface area (Å²) in [6.07, 6.45) is 0.958. The van der Waals surface area contributed by atoms with Gasteiger partial charge in [-0.1, -0.05) is 117 Å². The predicted octanol–water partition coefficient (Wildman–Crippen LogP) is 9.19. The smallest absolute Gasteiger partial charge is 0.0538 e. The lowest BCUT2D eigenvalue weighted by molar-refractivity contribution is 0.624. The third-order valence-electron chi connectivity index (χ3n) is 7.98. The molecule has 0 amide bonds. The zero-order chi connectivity index (χ0) is 25.0. The highest BCUT2D eigenvalue weighted by molar-refractivity contribution is 6.05. The lowest BCUT2D eigenvalue weighted by atomic mass is 9.85. The van der Waals surface area contributed by atoms with Crippen LogP contribution >= 0.6 is 0 Å². The van der Waals surface area contributed by atoms with Gasteiger partial charge >= 0.3 is 0 Å². The Kier molecular flexibility index (Phi) is 4.94. The Labute approximate surface area is 218 Å². The first-order valence-corrected chi connectivity index (χ1v) is 13.1. The summed E-state index contributed by atoms with van der Waals surface area (Å²) in [6, 6.07) is 46.5. The fourth-order valence-corrected chi connectivity index (χ4v) is 6.20.